The van der Waals surface area contributed by atoms with Gasteiger partial charge in [0.05, 0.1) is 18.4 Å². The summed E-state index contributed by atoms with van der Waals surface area (Å²) in [5.74, 6) is -1.55. The molecule has 1 fully saturated rings. The zero-order valence-corrected chi connectivity index (χ0v) is 11.3. The van der Waals surface area contributed by atoms with E-state index in [-0.39, 0.29) is 12.5 Å². The highest BCUT2D eigenvalue weighted by Gasteiger charge is 2.65. The summed E-state index contributed by atoms with van der Waals surface area (Å²) in [7, 11) is 0. The van der Waals surface area contributed by atoms with Gasteiger partial charge in [-0.05, 0) is 12.3 Å². The van der Waals surface area contributed by atoms with Crippen LogP contribution in [0.4, 0.5) is 0 Å². The van der Waals surface area contributed by atoms with Crippen molar-refractivity contribution < 1.29 is 14.7 Å². The third-order valence-electron chi connectivity index (χ3n) is 3.83. The number of hydrogen-bond acceptors (Lipinski definition) is 4. The van der Waals surface area contributed by atoms with E-state index in [1.165, 1.54) is 0 Å². The molecule has 7 heteroatoms. The lowest BCUT2D eigenvalue weighted by atomic mass is 10.1. The molecule has 2 rings (SSSR count). The largest absolute Gasteiger partial charge is 0.481 e. The molecule has 0 unspecified atom stereocenters. The van der Waals surface area contributed by atoms with Gasteiger partial charge in [-0.25, -0.2) is 0 Å². The van der Waals surface area contributed by atoms with E-state index >= 15 is 0 Å². The van der Waals surface area contributed by atoms with Crippen LogP contribution in [0.25, 0.3) is 0 Å². The van der Waals surface area contributed by atoms with Gasteiger partial charge in [-0.3, -0.25) is 9.59 Å². The average molecular weight is 266 g/mol. The number of rotatable bonds is 5. The van der Waals surface area contributed by atoms with Gasteiger partial charge < -0.3 is 15.0 Å². The van der Waals surface area contributed by atoms with E-state index in [4.69, 9.17) is 5.11 Å². The maximum Gasteiger partial charge on any atom is 0.307 e. The molecule has 1 saturated carbocycles. The zero-order valence-electron chi connectivity index (χ0n) is 11.3. The number of aromatic nitrogens is 3. The van der Waals surface area contributed by atoms with Gasteiger partial charge in [0.1, 0.15) is 6.33 Å². The van der Waals surface area contributed by atoms with Gasteiger partial charge in [-0.2, -0.15) is 0 Å². The monoisotopic (exact) mass is 266 g/mol. The predicted octanol–water partition coefficient (Wildman–Crippen LogP) is 0.271. The number of hydrogen-bond donors (Lipinski definition) is 2. The summed E-state index contributed by atoms with van der Waals surface area (Å²) >= 11 is 0. The van der Waals surface area contributed by atoms with Crippen molar-refractivity contribution in [1.29, 1.82) is 0 Å². The summed E-state index contributed by atoms with van der Waals surface area (Å²) in [4.78, 5) is 23.0. The molecular weight excluding hydrogens is 248 g/mol. The van der Waals surface area contributed by atoms with Gasteiger partial charge in [0.15, 0.2) is 5.82 Å². The maximum absolute atomic E-state index is 12.0. The second kappa shape index (κ2) is 4.64. The molecule has 1 amide bonds. The number of carboxylic acids is 1. The van der Waals surface area contributed by atoms with Gasteiger partial charge >= 0.3 is 5.97 Å². The van der Waals surface area contributed by atoms with Crippen LogP contribution in [-0.4, -0.2) is 31.7 Å². The number of nitrogens with zero attached hydrogens (tertiary/aromatic N) is 3. The lowest BCUT2D eigenvalue weighted by molar-refractivity contribution is -0.140. The number of carbonyl (C=O) groups is 2. The summed E-state index contributed by atoms with van der Waals surface area (Å²) in [5.41, 5.74) is -0.478. The molecule has 1 aromatic heterocycles. The highest BCUT2D eigenvalue weighted by Crippen LogP contribution is 2.58. The Labute approximate surface area is 111 Å². The Morgan fingerprint density at radius 2 is 2.16 bits per heavy atom. The molecule has 1 aliphatic carbocycles. The number of amides is 1. The first-order valence-electron chi connectivity index (χ1n) is 6.26. The van der Waals surface area contributed by atoms with Crippen LogP contribution in [0.3, 0.4) is 0 Å². The Morgan fingerprint density at radius 1 is 1.47 bits per heavy atom. The van der Waals surface area contributed by atoms with Gasteiger partial charge in [-0.1, -0.05) is 13.8 Å². The molecule has 1 heterocycles. The Morgan fingerprint density at radius 3 is 2.68 bits per heavy atom. The molecule has 0 radical (unpaired) electrons. The second-order valence-corrected chi connectivity index (χ2v) is 5.37. The Bertz CT molecular complexity index is 509. The molecule has 1 aliphatic rings. The minimum atomic E-state index is -0.915. The molecule has 0 aromatic carbocycles. The molecule has 19 heavy (non-hydrogen) atoms. The average Bonchev–Trinajstić information content (AvgIpc) is 2.72. The number of aliphatic carboxylic acids is 1. The van der Waals surface area contributed by atoms with Crippen molar-refractivity contribution in [1.82, 2.24) is 20.1 Å². The van der Waals surface area contributed by atoms with Crippen LogP contribution in [0.2, 0.25) is 0 Å². The van der Waals surface area contributed by atoms with Crippen LogP contribution in [0.15, 0.2) is 6.33 Å². The van der Waals surface area contributed by atoms with Crippen LogP contribution < -0.4 is 5.32 Å². The number of aryl methyl sites for hydroxylation is 1. The summed E-state index contributed by atoms with van der Waals surface area (Å²) in [6.07, 6.45) is 1.60. The van der Waals surface area contributed by atoms with E-state index in [0.29, 0.717) is 5.82 Å². The first kappa shape index (κ1) is 13.5. The SMILES string of the molecule is CCn1cnnc1CNC(=O)[C@H]1[C@@H](C(=O)O)C1(C)C. The molecular formula is C12H18N4O3. The van der Waals surface area contributed by atoms with Crippen molar-refractivity contribution >= 4 is 11.9 Å². The zero-order chi connectivity index (χ0) is 14.2. The molecule has 2 atom stereocenters. The normalized spacial score (nSPS) is 23.9. The lowest BCUT2D eigenvalue weighted by Gasteiger charge is -2.06. The van der Waals surface area contributed by atoms with Crippen molar-refractivity contribution in [2.75, 3.05) is 0 Å². The summed E-state index contributed by atoms with van der Waals surface area (Å²) < 4.78 is 1.83. The van der Waals surface area contributed by atoms with E-state index in [1.807, 2.05) is 11.5 Å². The molecule has 2 N–H and O–H groups in total. The number of nitrogens with one attached hydrogen (secondary N) is 1. The van der Waals surface area contributed by atoms with E-state index in [9.17, 15) is 9.59 Å². The van der Waals surface area contributed by atoms with E-state index in [2.05, 4.69) is 15.5 Å². The molecule has 0 aliphatic heterocycles. The van der Waals surface area contributed by atoms with Crippen molar-refractivity contribution in [3.63, 3.8) is 0 Å². The predicted molar refractivity (Wildman–Crippen MR) is 65.9 cm³/mol. The van der Waals surface area contributed by atoms with Crippen LogP contribution in [0, 0.1) is 17.3 Å². The topological polar surface area (TPSA) is 97.1 Å². The van der Waals surface area contributed by atoms with Crippen LogP contribution in [0.5, 0.6) is 0 Å². The van der Waals surface area contributed by atoms with E-state index in [0.717, 1.165) is 6.54 Å². The molecule has 0 bridgehead atoms. The molecule has 1 aromatic rings. The summed E-state index contributed by atoms with van der Waals surface area (Å²) in [5, 5.41) is 19.5. The highest BCUT2D eigenvalue weighted by atomic mass is 16.4. The molecule has 0 spiro atoms. The third-order valence-corrected chi connectivity index (χ3v) is 3.83. The van der Waals surface area contributed by atoms with Crippen LogP contribution >= 0.6 is 0 Å². The third kappa shape index (κ3) is 2.32. The van der Waals surface area contributed by atoms with Crippen molar-refractivity contribution in [2.45, 2.75) is 33.9 Å². The summed E-state index contributed by atoms with van der Waals surface area (Å²) in [6.45, 7) is 6.55. The quantitative estimate of drug-likeness (QED) is 0.797. The Kier molecular flexibility index (Phi) is 3.30. The van der Waals surface area contributed by atoms with Gasteiger partial charge in [0, 0.05) is 6.54 Å². The fourth-order valence-electron chi connectivity index (χ4n) is 2.54. The van der Waals surface area contributed by atoms with Gasteiger partial charge in [-0.15, -0.1) is 10.2 Å². The van der Waals surface area contributed by atoms with Gasteiger partial charge in [0.25, 0.3) is 0 Å². The van der Waals surface area contributed by atoms with Crippen molar-refractivity contribution in [2.24, 2.45) is 17.3 Å². The van der Waals surface area contributed by atoms with Gasteiger partial charge in [0.2, 0.25) is 5.91 Å². The Balaban J connectivity index is 1.95. The fourth-order valence-corrected chi connectivity index (χ4v) is 2.54. The van der Waals surface area contributed by atoms with E-state index < -0.39 is 23.2 Å². The maximum atomic E-state index is 12.0. The minimum Gasteiger partial charge on any atom is -0.481 e. The molecule has 0 saturated heterocycles. The van der Waals surface area contributed by atoms with E-state index in [1.54, 1.807) is 20.2 Å². The number of carbonyl (C=O) groups excluding carboxylic acids is 1. The fraction of sp³-hybridized carbons (Fsp3) is 0.667. The molecule has 104 valence electrons. The standard InChI is InChI=1S/C12H18N4O3/c1-4-16-6-14-15-7(16)5-13-10(17)8-9(11(18)19)12(8,2)3/h6,8-9H,4-5H2,1-3H3,(H,13,17)(H,18,19)/t8-,9+/m1/s1. The lowest BCUT2D eigenvalue weighted by Crippen LogP contribution is -2.28. The van der Waals surface area contributed by atoms with Crippen LogP contribution in [0.1, 0.15) is 26.6 Å². The van der Waals surface area contributed by atoms with Crippen molar-refractivity contribution in [3.8, 4) is 0 Å². The first-order valence-corrected chi connectivity index (χ1v) is 6.26. The first-order chi connectivity index (χ1) is 8.89. The van der Waals surface area contributed by atoms with Crippen molar-refractivity contribution in [3.05, 3.63) is 12.2 Å². The summed E-state index contributed by atoms with van der Waals surface area (Å²) in [6, 6.07) is 0. The minimum absolute atomic E-state index is 0.233. The van der Waals surface area contributed by atoms with Crippen LogP contribution in [-0.2, 0) is 22.7 Å². The smallest absolute Gasteiger partial charge is 0.307 e. The number of carboxylic acid groups (broad SMARTS) is 1. The highest BCUT2D eigenvalue weighted by molar-refractivity contribution is 5.91. The Hall–Kier alpha value is -1.92. The second-order valence-electron chi connectivity index (χ2n) is 5.37. The molecule has 7 nitrogen and oxygen atoms in total.